The molecule has 5 heavy (non-hydrogen) atoms. The molecular weight excluding hydrogens is 188 g/mol. The van der Waals surface area contributed by atoms with Gasteiger partial charge < -0.3 is 0 Å². The van der Waals surface area contributed by atoms with Crippen LogP contribution in [0.4, 0.5) is 0 Å². The van der Waals surface area contributed by atoms with Gasteiger partial charge in [0.25, 0.3) is 0 Å². The molecule has 0 heterocycles. The molecule has 0 aliphatic carbocycles. The summed E-state index contributed by atoms with van der Waals surface area (Å²) in [6, 6.07) is 0. The van der Waals surface area contributed by atoms with Crippen LogP contribution < -0.4 is 0 Å². The van der Waals surface area contributed by atoms with Crippen LogP contribution in [0.1, 0.15) is 0 Å². The predicted molar refractivity (Wildman–Crippen MR) is 33.4 cm³/mol. The first-order chi connectivity index (χ1) is 1.00. The first kappa shape index (κ1) is 31.4. The first-order valence-electron chi connectivity index (χ1n) is 0.577. The van der Waals surface area contributed by atoms with Crippen molar-refractivity contribution in [3.63, 3.8) is 0 Å². The normalized spacial score (nSPS) is 1.00. The van der Waals surface area contributed by atoms with E-state index in [0.717, 1.165) is 0 Å². The zero-order valence-corrected chi connectivity index (χ0v) is 7.67. The molecule has 0 aliphatic heterocycles. The Kier molecular flexibility index (Phi) is 310. The van der Waals surface area contributed by atoms with Crippen molar-refractivity contribution in [2.24, 2.45) is 0 Å². The van der Waals surface area contributed by atoms with Crippen LogP contribution in [-0.4, -0.2) is 18.6 Å². The van der Waals surface area contributed by atoms with E-state index in [9.17, 15) is 0 Å². The summed E-state index contributed by atoms with van der Waals surface area (Å²) >= 11 is 1.69. The number of halogens is 3. The number of rotatable bonds is 0. The van der Waals surface area contributed by atoms with Crippen LogP contribution in [0.5, 0.6) is 0 Å². The molecule has 0 aliphatic rings. The van der Waals surface area contributed by atoms with Gasteiger partial charge in [0.1, 0.15) is 0 Å². The van der Waals surface area contributed by atoms with E-state index in [1.165, 1.54) is 0 Å². The fourth-order valence-corrected chi connectivity index (χ4v) is 0. The maximum atomic E-state index is 2.06. The Morgan fingerprint density at radius 1 is 0.800 bits per heavy atom. The van der Waals surface area contributed by atoms with Crippen molar-refractivity contribution < 1.29 is 0 Å². The SMILES string of the molecule is Cl.Cl.Cl.[CH3][Ga]. The Hall–Kier alpha value is 1.51. The Labute approximate surface area is 61.2 Å². The zero-order chi connectivity index (χ0) is 2.00. The van der Waals surface area contributed by atoms with Gasteiger partial charge in [0, 0.05) is 0 Å². The van der Waals surface area contributed by atoms with Crippen molar-refractivity contribution in [2.75, 3.05) is 0 Å². The molecule has 0 N–H and O–H groups in total. The van der Waals surface area contributed by atoms with Gasteiger partial charge in [0.15, 0.2) is 0 Å². The summed E-state index contributed by atoms with van der Waals surface area (Å²) in [5, 5.41) is 0. The second-order valence-corrected chi connectivity index (χ2v) is 0. The van der Waals surface area contributed by atoms with Crippen LogP contribution in [0.3, 0.4) is 0 Å². The van der Waals surface area contributed by atoms with Gasteiger partial charge in [-0.15, -0.1) is 37.2 Å². The average Bonchev–Trinajstić information content (AvgIpc) is 1.00. The van der Waals surface area contributed by atoms with E-state index in [1.807, 2.05) is 0 Å². The van der Waals surface area contributed by atoms with Gasteiger partial charge in [-0.1, -0.05) is 0 Å². The summed E-state index contributed by atoms with van der Waals surface area (Å²) in [7, 11) is 0. The van der Waals surface area contributed by atoms with Crippen molar-refractivity contribution in [3.05, 3.63) is 0 Å². The van der Waals surface area contributed by atoms with E-state index in [-0.39, 0.29) is 37.2 Å². The van der Waals surface area contributed by atoms with E-state index in [2.05, 4.69) is 5.48 Å². The molecule has 2 radical (unpaired) electrons. The monoisotopic (exact) mass is 192 g/mol. The molecule has 0 atom stereocenters. The van der Waals surface area contributed by atoms with Gasteiger partial charge in [0.05, 0.1) is 0 Å². The standard InChI is InChI=1S/CH3.3ClH.Ga/h1H3;3*1H;. The maximum absolute atomic E-state index is 2.06. The first-order valence-corrected chi connectivity index (χ1v) is 3.00. The molecule has 0 unspecified atom stereocenters. The van der Waals surface area contributed by atoms with Crippen molar-refractivity contribution in [1.29, 1.82) is 0 Å². The van der Waals surface area contributed by atoms with Crippen LogP contribution in [0, 0.1) is 0 Å². The summed E-state index contributed by atoms with van der Waals surface area (Å²) in [4.78, 5) is 0. The fraction of sp³-hybridized carbons (Fsp3) is 1.00. The quantitative estimate of drug-likeness (QED) is 0.512. The second kappa shape index (κ2) is 49.3. The van der Waals surface area contributed by atoms with Crippen LogP contribution in [0.25, 0.3) is 0 Å². The van der Waals surface area contributed by atoms with Crippen molar-refractivity contribution >= 4 is 55.8 Å². The molecule has 0 aromatic heterocycles. The van der Waals surface area contributed by atoms with Crippen LogP contribution >= 0.6 is 37.2 Å². The molecule has 0 aromatic rings. The molecule has 0 saturated carbocycles. The Bertz CT molecular complexity index is 6.85. The third-order valence-corrected chi connectivity index (χ3v) is 0. The van der Waals surface area contributed by atoms with Crippen LogP contribution in [0.2, 0.25) is 5.48 Å². The molecule has 0 fully saturated rings. The Morgan fingerprint density at radius 3 is 0.800 bits per heavy atom. The van der Waals surface area contributed by atoms with Gasteiger partial charge in [-0.05, 0) is 0 Å². The van der Waals surface area contributed by atoms with Gasteiger partial charge in [-0.25, -0.2) is 0 Å². The molecule has 0 saturated heterocycles. The third-order valence-electron chi connectivity index (χ3n) is 0. The van der Waals surface area contributed by atoms with E-state index < -0.39 is 0 Å². The minimum atomic E-state index is 0. The minimum absolute atomic E-state index is 0. The van der Waals surface area contributed by atoms with Crippen molar-refractivity contribution in [2.45, 2.75) is 5.48 Å². The molecule has 0 bridgehead atoms. The van der Waals surface area contributed by atoms with E-state index in [0.29, 0.717) is 0 Å². The molecule has 0 rings (SSSR count). The molecule has 0 nitrogen and oxygen atoms in total. The Balaban J connectivity index is -0.00000000167. The van der Waals surface area contributed by atoms with Crippen LogP contribution in [-0.2, 0) is 0 Å². The topological polar surface area (TPSA) is 0 Å². The molecule has 4 heteroatoms. The molecule has 0 amide bonds. The van der Waals surface area contributed by atoms with Gasteiger partial charge >= 0.3 is 24.1 Å². The average molecular weight is 194 g/mol. The molecular formula is CH6Cl3Ga. The number of hydrogen-bond acceptors (Lipinski definition) is 0. The predicted octanol–water partition coefficient (Wildman–Crippen LogP) is 1.47. The van der Waals surface area contributed by atoms with Crippen molar-refractivity contribution in [3.8, 4) is 0 Å². The summed E-state index contributed by atoms with van der Waals surface area (Å²) in [5.74, 6) is 0. The second-order valence-electron chi connectivity index (χ2n) is 0. The van der Waals surface area contributed by atoms with Gasteiger partial charge in [0.2, 0.25) is 0 Å². The summed E-state index contributed by atoms with van der Waals surface area (Å²) < 4.78 is 0. The summed E-state index contributed by atoms with van der Waals surface area (Å²) in [6.45, 7) is 0. The van der Waals surface area contributed by atoms with E-state index >= 15 is 0 Å². The molecule has 0 spiro atoms. The molecule has 34 valence electrons. The van der Waals surface area contributed by atoms with E-state index in [4.69, 9.17) is 0 Å². The van der Waals surface area contributed by atoms with E-state index in [1.54, 1.807) is 18.6 Å². The third kappa shape index (κ3) is 29.8. The Morgan fingerprint density at radius 2 is 0.800 bits per heavy atom. The summed E-state index contributed by atoms with van der Waals surface area (Å²) in [5.41, 5.74) is 2.06. The molecule has 0 aromatic carbocycles. The van der Waals surface area contributed by atoms with Crippen molar-refractivity contribution in [1.82, 2.24) is 0 Å². The zero-order valence-electron chi connectivity index (χ0n) is 2.80. The van der Waals surface area contributed by atoms with Gasteiger partial charge in [-0.3, -0.25) is 0 Å². The number of hydrogen-bond donors (Lipinski definition) is 0. The van der Waals surface area contributed by atoms with Crippen LogP contribution in [0.15, 0.2) is 0 Å². The summed E-state index contributed by atoms with van der Waals surface area (Å²) in [6.07, 6.45) is 0. The van der Waals surface area contributed by atoms with Gasteiger partial charge in [-0.2, -0.15) is 0 Å². The fourth-order valence-electron chi connectivity index (χ4n) is 0.